The quantitative estimate of drug-likeness (QED) is 0.710. The highest BCUT2D eigenvalue weighted by molar-refractivity contribution is 5.85. The zero-order valence-corrected chi connectivity index (χ0v) is 10.0. The standard InChI is InChI=1S/C11H12N4O3/c1-14-7-3-4-13-6(5-8(12)16)9(7)10(17)15(2)11(14)18/h3-4H,5H2,1-2H3,(H2,12,16). The van der Waals surface area contributed by atoms with Crippen LogP contribution in [0.15, 0.2) is 21.9 Å². The minimum absolute atomic E-state index is 0.134. The second-order valence-electron chi connectivity index (χ2n) is 4.00. The summed E-state index contributed by atoms with van der Waals surface area (Å²) in [5, 5.41) is 0.251. The molecule has 0 aliphatic carbocycles. The zero-order valence-electron chi connectivity index (χ0n) is 10.0. The third-order valence-electron chi connectivity index (χ3n) is 2.80. The highest BCUT2D eigenvalue weighted by atomic mass is 16.2. The number of carbonyl (C=O) groups excluding carboxylic acids is 1. The molecule has 0 spiro atoms. The number of aromatic nitrogens is 3. The van der Waals surface area contributed by atoms with Gasteiger partial charge in [-0.2, -0.15) is 0 Å². The van der Waals surface area contributed by atoms with Crippen molar-refractivity contribution in [1.82, 2.24) is 14.1 Å². The van der Waals surface area contributed by atoms with E-state index in [1.807, 2.05) is 0 Å². The number of fused-ring (bicyclic) bond motifs is 1. The highest BCUT2D eigenvalue weighted by Gasteiger charge is 2.14. The Labute approximate surface area is 101 Å². The molecule has 0 saturated heterocycles. The molecule has 0 unspecified atom stereocenters. The SMILES string of the molecule is Cn1c(=O)c2c(CC(N)=O)nccc2n(C)c1=O. The van der Waals surface area contributed by atoms with Crippen molar-refractivity contribution in [1.29, 1.82) is 0 Å². The first-order chi connectivity index (χ1) is 8.43. The van der Waals surface area contributed by atoms with Crippen LogP contribution in [-0.4, -0.2) is 20.0 Å². The van der Waals surface area contributed by atoms with Gasteiger partial charge in [-0.05, 0) is 6.07 Å². The summed E-state index contributed by atoms with van der Waals surface area (Å²) < 4.78 is 2.32. The Morgan fingerprint density at radius 1 is 1.33 bits per heavy atom. The van der Waals surface area contributed by atoms with Crippen LogP contribution in [0.25, 0.3) is 10.9 Å². The van der Waals surface area contributed by atoms with Gasteiger partial charge in [0.15, 0.2) is 0 Å². The largest absolute Gasteiger partial charge is 0.369 e. The summed E-state index contributed by atoms with van der Waals surface area (Å²) in [4.78, 5) is 38.8. The van der Waals surface area contributed by atoms with Gasteiger partial charge < -0.3 is 5.73 Å². The van der Waals surface area contributed by atoms with Gasteiger partial charge in [0.25, 0.3) is 5.56 Å². The Balaban J connectivity index is 2.98. The van der Waals surface area contributed by atoms with Crippen LogP contribution < -0.4 is 17.0 Å². The Hall–Kier alpha value is -2.44. The maximum Gasteiger partial charge on any atom is 0.330 e. The highest BCUT2D eigenvalue weighted by Crippen LogP contribution is 2.10. The fourth-order valence-corrected chi connectivity index (χ4v) is 1.89. The first kappa shape index (κ1) is 12.0. The fourth-order valence-electron chi connectivity index (χ4n) is 1.89. The molecule has 0 radical (unpaired) electrons. The van der Waals surface area contributed by atoms with Gasteiger partial charge in [0.2, 0.25) is 5.91 Å². The summed E-state index contributed by atoms with van der Waals surface area (Å²) in [7, 11) is 2.93. The number of primary amides is 1. The lowest BCUT2D eigenvalue weighted by atomic mass is 10.1. The maximum atomic E-state index is 12.1. The number of nitrogens with zero attached hydrogens (tertiary/aromatic N) is 3. The van der Waals surface area contributed by atoms with Crippen LogP contribution in [0.1, 0.15) is 5.69 Å². The number of aryl methyl sites for hydroxylation is 1. The molecule has 0 atom stereocenters. The molecule has 0 aliphatic rings. The van der Waals surface area contributed by atoms with E-state index >= 15 is 0 Å². The Morgan fingerprint density at radius 2 is 2.00 bits per heavy atom. The van der Waals surface area contributed by atoms with E-state index in [4.69, 9.17) is 5.73 Å². The Kier molecular flexibility index (Phi) is 2.74. The molecule has 0 bridgehead atoms. The summed E-state index contributed by atoms with van der Waals surface area (Å²) in [5.74, 6) is -0.578. The molecule has 7 nitrogen and oxygen atoms in total. The molecule has 0 saturated carbocycles. The minimum Gasteiger partial charge on any atom is -0.369 e. The van der Waals surface area contributed by atoms with Crippen LogP contribution in [-0.2, 0) is 25.3 Å². The average Bonchev–Trinajstić information content (AvgIpc) is 2.32. The van der Waals surface area contributed by atoms with Gasteiger partial charge in [0.05, 0.1) is 23.0 Å². The summed E-state index contributed by atoms with van der Waals surface area (Å²) in [6.07, 6.45) is 1.31. The maximum absolute atomic E-state index is 12.1. The zero-order chi connectivity index (χ0) is 13.4. The summed E-state index contributed by atoms with van der Waals surface area (Å²) in [6, 6.07) is 1.56. The smallest absolute Gasteiger partial charge is 0.330 e. The van der Waals surface area contributed by atoms with Crippen LogP contribution in [0.4, 0.5) is 0 Å². The van der Waals surface area contributed by atoms with Crippen molar-refractivity contribution in [2.75, 3.05) is 0 Å². The van der Waals surface area contributed by atoms with Gasteiger partial charge in [-0.15, -0.1) is 0 Å². The van der Waals surface area contributed by atoms with E-state index in [-0.39, 0.29) is 17.5 Å². The minimum atomic E-state index is -0.578. The third-order valence-corrected chi connectivity index (χ3v) is 2.80. The molecule has 7 heteroatoms. The van der Waals surface area contributed by atoms with Gasteiger partial charge in [-0.25, -0.2) is 4.79 Å². The predicted octanol–water partition coefficient (Wildman–Crippen LogP) is -1.34. The van der Waals surface area contributed by atoms with Gasteiger partial charge >= 0.3 is 5.69 Å². The predicted molar refractivity (Wildman–Crippen MR) is 65.1 cm³/mol. The molecular weight excluding hydrogens is 236 g/mol. The lowest BCUT2D eigenvalue weighted by Gasteiger charge is -2.09. The van der Waals surface area contributed by atoms with E-state index in [0.29, 0.717) is 5.52 Å². The molecule has 0 fully saturated rings. The number of nitrogens with two attached hydrogens (primary N) is 1. The average molecular weight is 248 g/mol. The Bertz CT molecular complexity index is 757. The van der Waals surface area contributed by atoms with Crippen molar-refractivity contribution < 1.29 is 4.79 Å². The van der Waals surface area contributed by atoms with Crippen molar-refractivity contribution in [2.24, 2.45) is 19.8 Å². The molecule has 2 aromatic rings. The van der Waals surface area contributed by atoms with Crippen LogP contribution in [0, 0.1) is 0 Å². The molecule has 2 rings (SSSR count). The van der Waals surface area contributed by atoms with Crippen LogP contribution in [0.3, 0.4) is 0 Å². The van der Waals surface area contributed by atoms with E-state index < -0.39 is 17.2 Å². The van der Waals surface area contributed by atoms with Crippen LogP contribution in [0.5, 0.6) is 0 Å². The van der Waals surface area contributed by atoms with Crippen molar-refractivity contribution in [3.05, 3.63) is 38.8 Å². The van der Waals surface area contributed by atoms with E-state index in [1.54, 1.807) is 13.1 Å². The summed E-state index contributed by atoms with van der Waals surface area (Å²) in [6.45, 7) is 0. The normalized spacial score (nSPS) is 10.8. The molecule has 2 aromatic heterocycles. The molecule has 0 aliphatic heterocycles. The molecule has 1 amide bonds. The van der Waals surface area contributed by atoms with E-state index in [9.17, 15) is 14.4 Å². The van der Waals surface area contributed by atoms with E-state index in [2.05, 4.69) is 4.98 Å². The van der Waals surface area contributed by atoms with Gasteiger partial charge in [0, 0.05) is 20.3 Å². The van der Waals surface area contributed by atoms with Crippen molar-refractivity contribution >= 4 is 16.8 Å². The van der Waals surface area contributed by atoms with E-state index in [1.165, 1.54) is 17.8 Å². The van der Waals surface area contributed by atoms with E-state index in [0.717, 1.165) is 4.57 Å². The Morgan fingerprint density at radius 3 is 2.61 bits per heavy atom. The molecule has 18 heavy (non-hydrogen) atoms. The monoisotopic (exact) mass is 248 g/mol. The summed E-state index contributed by atoms with van der Waals surface area (Å²) >= 11 is 0. The van der Waals surface area contributed by atoms with Gasteiger partial charge in [-0.1, -0.05) is 0 Å². The van der Waals surface area contributed by atoms with Crippen molar-refractivity contribution in [2.45, 2.75) is 6.42 Å². The summed E-state index contributed by atoms with van der Waals surface area (Å²) in [5.41, 5.74) is 4.94. The molecule has 94 valence electrons. The fraction of sp³-hybridized carbons (Fsp3) is 0.273. The van der Waals surface area contributed by atoms with Gasteiger partial charge in [0.1, 0.15) is 0 Å². The van der Waals surface area contributed by atoms with Crippen LogP contribution in [0.2, 0.25) is 0 Å². The molecular formula is C11H12N4O3. The topological polar surface area (TPSA) is 100.0 Å². The first-order valence-corrected chi connectivity index (χ1v) is 5.25. The lowest BCUT2D eigenvalue weighted by Crippen LogP contribution is -2.37. The molecule has 2 heterocycles. The van der Waals surface area contributed by atoms with Crippen molar-refractivity contribution in [3.8, 4) is 0 Å². The number of hydrogen-bond donors (Lipinski definition) is 1. The van der Waals surface area contributed by atoms with Gasteiger partial charge in [-0.3, -0.25) is 23.7 Å². The second kappa shape index (κ2) is 4.10. The van der Waals surface area contributed by atoms with Crippen LogP contribution >= 0.6 is 0 Å². The molecule has 0 aromatic carbocycles. The third kappa shape index (κ3) is 1.69. The number of carbonyl (C=O) groups is 1. The number of rotatable bonds is 2. The number of pyridine rings is 1. The van der Waals surface area contributed by atoms with Crippen molar-refractivity contribution in [3.63, 3.8) is 0 Å². The first-order valence-electron chi connectivity index (χ1n) is 5.25. The molecule has 2 N–H and O–H groups in total. The lowest BCUT2D eigenvalue weighted by molar-refractivity contribution is -0.117. The number of hydrogen-bond acceptors (Lipinski definition) is 4. The number of amides is 1. The second-order valence-corrected chi connectivity index (χ2v) is 4.00.